The van der Waals surface area contributed by atoms with Crippen LogP contribution in [0.4, 0.5) is 0 Å². The van der Waals surface area contributed by atoms with E-state index in [2.05, 4.69) is 53.3 Å². The number of Topliss-reactive ketones (excluding diaryl/α,β-unsaturated/α-hetero) is 1. The SMILES string of the molecule is C=C(c1ccc(C2=C(O)CCC2=O)cc1)c1cc2c(cc1C)C(C)(C)CCC2(C)C. The van der Waals surface area contributed by atoms with Gasteiger partial charge < -0.3 is 5.11 Å². The van der Waals surface area contributed by atoms with Gasteiger partial charge in [0, 0.05) is 12.8 Å². The van der Waals surface area contributed by atoms with Gasteiger partial charge in [0.15, 0.2) is 5.78 Å². The minimum Gasteiger partial charge on any atom is -0.512 e. The molecule has 0 bridgehead atoms. The van der Waals surface area contributed by atoms with Crippen molar-refractivity contribution in [1.82, 2.24) is 0 Å². The predicted octanol–water partition coefficient (Wildman–Crippen LogP) is 7.04. The van der Waals surface area contributed by atoms with Crippen LogP contribution in [0, 0.1) is 6.92 Å². The Hall–Kier alpha value is -2.61. The lowest BCUT2D eigenvalue weighted by Crippen LogP contribution is -2.34. The molecule has 2 aliphatic rings. The molecule has 0 saturated heterocycles. The zero-order valence-corrected chi connectivity index (χ0v) is 18.9. The fourth-order valence-corrected chi connectivity index (χ4v) is 5.01. The fraction of sp³-hybridized carbons (Fsp3) is 0.393. The quantitative estimate of drug-likeness (QED) is 0.600. The molecule has 0 saturated carbocycles. The van der Waals surface area contributed by atoms with Crippen molar-refractivity contribution in [3.05, 3.63) is 82.1 Å². The van der Waals surface area contributed by atoms with Crippen LogP contribution >= 0.6 is 0 Å². The Labute approximate surface area is 180 Å². The Kier molecular flexibility index (Phi) is 4.80. The average Bonchev–Trinajstić information content (AvgIpc) is 3.03. The van der Waals surface area contributed by atoms with E-state index in [1.807, 2.05) is 24.3 Å². The molecule has 2 nitrogen and oxygen atoms in total. The van der Waals surface area contributed by atoms with E-state index in [1.165, 1.54) is 35.1 Å². The molecular formula is C28H32O2. The van der Waals surface area contributed by atoms with Crippen LogP contribution in [0.15, 0.2) is 48.7 Å². The van der Waals surface area contributed by atoms with E-state index in [4.69, 9.17) is 0 Å². The molecule has 0 unspecified atom stereocenters. The highest BCUT2D eigenvalue weighted by molar-refractivity contribution is 6.23. The van der Waals surface area contributed by atoms with Crippen LogP contribution in [-0.2, 0) is 15.6 Å². The molecule has 0 amide bonds. The number of carbonyl (C=O) groups excluding carboxylic acids is 1. The van der Waals surface area contributed by atoms with Crippen LogP contribution in [0.3, 0.4) is 0 Å². The summed E-state index contributed by atoms with van der Waals surface area (Å²) in [6.07, 6.45) is 3.23. The van der Waals surface area contributed by atoms with Crippen molar-refractivity contribution in [3.8, 4) is 0 Å². The van der Waals surface area contributed by atoms with Gasteiger partial charge in [0.1, 0.15) is 5.76 Å². The molecular weight excluding hydrogens is 368 g/mol. The molecule has 0 aliphatic heterocycles. The van der Waals surface area contributed by atoms with Gasteiger partial charge in [-0.15, -0.1) is 0 Å². The molecule has 0 atom stereocenters. The lowest BCUT2D eigenvalue weighted by atomic mass is 9.62. The number of rotatable bonds is 3. The molecule has 2 aliphatic carbocycles. The smallest absolute Gasteiger partial charge is 0.167 e. The Balaban J connectivity index is 1.72. The van der Waals surface area contributed by atoms with Gasteiger partial charge in [-0.05, 0) is 69.5 Å². The van der Waals surface area contributed by atoms with Gasteiger partial charge in [0.2, 0.25) is 0 Å². The third-order valence-corrected chi connectivity index (χ3v) is 7.20. The summed E-state index contributed by atoms with van der Waals surface area (Å²) in [5.74, 6) is 0.233. The van der Waals surface area contributed by atoms with E-state index in [-0.39, 0.29) is 22.4 Å². The predicted molar refractivity (Wildman–Crippen MR) is 125 cm³/mol. The van der Waals surface area contributed by atoms with Crippen LogP contribution in [0.5, 0.6) is 0 Å². The van der Waals surface area contributed by atoms with Crippen molar-refractivity contribution in [2.75, 3.05) is 0 Å². The van der Waals surface area contributed by atoms with E-state index in [0.29, 0.717) is 18.4 Å². The summed E-state index contributed by atoms with van der Waals surface area (Å²) >= 11 is 0. The van der Waals surface area contributed by atoms with Gasteiger partial charge in [0.05, 0.1) is 5.57 Å². The molecule has 2 aromatic carbocycles. The number of aryl methyl sites for hydroxylation is 1. The Morgan fingerprint density at radius 1 is 0.933 bits per heavy atom. The first kappa shape index (κ1) is 20.7. The molecule has 0 aromatic heterocycles. The van der Waals surface area contributed by atoms with Crippen molar-refractivity contribution in [1.29, 1.82) is 0 Å². The molecule has 156 valence electrons. The first-order valence-corrected chi connectivity index (χ1v) is 10.9. The summed E-state index contributed by atoms with van der Waals surface area (Å²) in [7, 11) is 0. The van der Waals surface area contributed by atoms with E-state index in [0.717, 1.165) is 16.7 Å². The van der Waals surface area contributed by atoms with E-state index < -0.39 is 0 Å². The third kappa shape index (κ3) is 3.33. The summed E-state index contributed by atoms with van der Waals surface area (Å²) < 4.78 is 0. The third-order valence-electron chi connectivity index (χ3n) is 7.20. The lowest BCUT2D eigenvalue weighted by molar-refractivity contribution is -0.113. The first-order chi connectivity index (χ1) is 14.0. The van der Waals surface area contributed by atoms with Crippen molar-refractivity contribution >= 4 is 16.9 Å². The van der Waals surface area contributed by atoms with Gasteiger partial charge in [-0.2, -0.15) is 0 Å². The highest BCUT2D eigenvalue weighted by Gasteiger charge is 2.37. The minimum absolute atomic E-state index is 0.0226. The fourth-order valence-electron chi connectivity index (χ4n) is 5.01. The van der Waals surface area contributed by atoms with E-state index in [9.17, 15) is 9.90 Å². The first-order valence-electron chi connectivity index (χ1n) is 10.9. The van der Waals surface area contributed by atoms with Crippen molar-refractivity contribution in [3.63, 3.8) is 0 Å². The highest BCUT2D eigenvalue weighted by atomic mass is 16.3. The number of fused-ring (bicyclic) bond motifs is 1. The Morgan fingerprint density at radius 3 is 2.03 bits per heavy atom. The maximum absolute atomic E-state index is 12.1. The molecule has 30 heavy (non-hydrogen) atoms. The maximum atomic E-state index is 12.1. The van der Waals surface area contributed by atoms with Crippen LogP contribution < -0.4 is 0 Å². The van der Waals surface area contributed by atoms with Gasteiger partial charge in [-0.1, -0.05) is 70.7 Å². The average molecular weight is 401 g/mol. The van der Waals surface area contributed by atoms with Crippen molar-refractivity contribution in [2.45, 2.75) is 71.1 Å². The number of hydrogen-bond acceptors (Lipinski definition) is 2. The summed E-state index contributed by atoms with van der Waals surface area (Å²) in [5, 5.41) is 10.1. The number of aliphatic hydroxyl groups excluding tert-OH is 1. The number of benzene rings is 2. The van der Waals surface area contributed by atoms with Crippen molar-refractivity contribution in [2.24, 2.45) is 0 Å². The second-order valence-electron chi connectivity index (χ2n) is 10.3. The Morgan fingerprint density at radius 2 is 1.50 bits per heavy atom. The summed E-state index contributed by atoms with van der Waals surface area (Å²) in [4.78, 5) is 12.1. The second-order valence-corrected chi connectivity index (χ2v) is 10.3. The molecule has 0 heterocycles. The molecule has 2 aromatic rings. The minimum atomic E-state index is 0.0226. The lowest BCUT2D eigenvalue weighted by Gasteiger charge is -2.42. The second kappa shape index (κ2) is 6.97. The highest BCUT2D eigenvalue weighted by Crippen LogP contribution is 2.47. The molecule has 1 N–H and O–H groups in total. The zero-order valence-electron chi connectivity index (χ0n) is 18.9. The monoisotopic (exact) mass is 400 g/mol. The molecule has 2 heteroatoms. The van der Waals surface area contributed by atoms with E-state index >= 15 is 0 Å². The summed E-state index contributed by atoms with van der Waals surface area (Å²) in [6, 6.07) is 12.6. The standard InChI is InChI=1S/C28H32O2/c1-17-15-22-23(28(5,6)14-13-27(22,3)4)16-21(17)18(2)19-7-9-20(10-8-19)26-24(29)11-12-25(26)30/h7-10,15-16,29H,2,11-14H2,1,3-6H3. The van der Waals surface area contributed by atoms with Crippen LogP contribution in [0.2, 0.25) is 0 Å². The summed E-state index contributed by atoms with van der Waals surface area (Å²) in [6.45, 7) is 16.0. The largest absolute Gasteiger partial charge is 0.512 e. The molecule has 4 rings (SSSR count). The molecule has 0 spiro atoms. The number of ketones is 1. The van der Waals surface area contributed by atoms with Gasteiger partial charge in [0.25, 0.3) is 0 Å². The van der Waals surface area contributed by atoms with Gasteiger partial charge in [-0.25, -0.2) is 0 Å². The van der Waals surface area contributed by atoms with Crippen LogP contribution in [0.25, 0.3) is 11.1 Å². The zero-order chi connectivity index (χ0) is 21.8. The number of hydrogen-bond donors (Lipinski definition) is 1. The van der Waals surface area contributed by atoms with E-state index in [1.54, 1.807) is 0 Å². The van der Waals surface area contributed by atoms with Crippen LogP contribution in [0.1, 0.15) is 86.8 Å². The number of aliphatic hydroxyl groups is 1. The van der Waals surface area contributed by atoms with Gasteiger partial charge in [-0.3, -0.25) is 4.79 Å². The molecule has 0 fully saturated rings. The van der Waals surface area contributed by atoms with Crippen LogP contribution in [-0.4, -0.2) is 10.9 Å². The van der Waals surface area contributed by atoms with Gasteiger partial charge >= 0.3 is 0 Å². The molecule has 0 radical (unpaired) electrons. The number of allylic oxidation sites excluding steroid dienone is 2. The van der Waals surface area contributed by atoms with Crippen molar-refractivity contribution < 1.29 is 9.90 Å². The Bertz CT molecular complexity index is 1080. The number of carbonyl (C=O) groups is 1. The topological polar surface area (TPSA) is 37.3 Å². The summed E-state index contributed by atoms with van der Waals surface area (Å²) in [5.41, 5.74) is 8.99. The maximum Gasteiger partial charge on any atom is 0.167 e. The normalized spacial score (nSPS) is 19.7.